The number of hydrogen-bond acceptors (Lipinski definition) is 8. The highest BCUT2D eigenvalue weighted by molar-refractivity contribution is 6.13. The van der Waals surface area contributed by atoms with Crippen molar-refractivity contribution >= 4 is 29.5 Å². The van der Waals surface area contributed by atoms with Gasteiger partial charge in [-0.1, -0.05) is 6.92 Å². The van der Waals surface area contributed by atoms with Gasteiger partial charge in [-0.3, -0.25) is 4.79 Å². The van der Waals surface area contributed by atoms with Gasteiger partial charge < -0.3 is 26.0 Å². The maximum atomic E-state index is 12.1. The predicted octanol–water partition coefficient (Wildman–Crippen LogP) is 1.67. The summed E-state index contributed by atoms with van der Waals surface area (Å²) < 4.78 is 10.6. The van der Waals surface area contributed by atoms with E-state index in [0.29, 0.717) is 22.4 Å². The predicted molar refractivity (Wildman–Crippen MR) is 99.0 cm³/mol. The standard InChI is InChI=1S/C17H21N5O5/c1-4-13(23)22(17(24)25)14-11(26-2)6-9(7-12(14)27-3)5-10-8-20-16(19)21-15(10)18/h6-8H,4-5H2,1-3H3,(H,24,25)(H4,18,19,20,21). The van der Waals surface area contributed by atoms with Crippen LogP contribution in [0.4, 0.5) is 22.2 Å². The third-order valence-electron chi connectivity index (χ3n) is 3.82. The lowest BCUT2D eigenvalue weighted by atomic mass is 10.0. The molecule has 5 N–H and O–H groups in total. The zero-order chi connectivity index (χ0) is 20.1. The van der Waals surface area contributed by atoms with Crippen LogP contribution in [0.5, 0.6) is 11.5 Å². The van der Waals surface area contributed by atoms with Gasteiger partial charge in [-0.05, 0) is 17.7 Å². The Morgan fingerprint density at radius 2 is 1.78 bits per heavy atom. The molecule has 0 spiro atoms. The minimum absolute atomic E-state index is 0.000328. The van der Waals surface area contributed by atoms with E-state index in [9.17, 15) is 14.7 Å². The fourth-order valence-electron chi connectivity index (χ4n) is 2.55. The second-order valence-electron chi connectivity index (χ2n) is 5.53. The van der Waals surface area contributed by atoms with Gasteiger partial charge in [0.25, 0.3) is 0 Å². The number of hydrogen-bond donors (Lipinski definition) is 3. The molecule has 0 unspecified atom stereocenters. The lowest BCUT2D eigenvalue weighted by Gasteiger charge is -2.22. The maximum absolute atomic E-state index is 12.1. The minimum Gasteiger partial charge on any atom is -0.494 e. The van der Waals surface area contributed by atoms with Crippen LogP contribution in [0.1, 0.15) is 24.5 Å². The average molecular weight is 375 g/mol. The van der Waals surface area contributed by atoms with Crippen molar-refractivity contribution < 1.29 is 24.2 Å². The first-order chi connectivity index (χ1) is 12.8. The number of amides is 2. The molecule has 2 aromatic rings. The van der Waals surface area contributed by atoms with Gasteiger partial charge in [0.2, 0.25) is 11.9 Å². The number of benzene rings is 1. The molecule has 0 fully saturated rings. The number of methoxy groups -OCH3 is 2. The molecule has 0 saturated carbocycles. The monoisotopic (exact) mass is 375 g/mol. The van der Waals surface area contributed by atoms with Gasteiger partial charge in [0, 0.05) is 24.6 Å². The molecule has 0 aliphatic heterocycles. The van der Waals surface area contributed by atoms with E-state index in [-0.39, 0.29) is 35.4 Å². The molecule has 0 aliphatic carbocycles. The Kier molecular flexibility index (Phi) is 6.01. The van der Waals surface area contributed by atoms with Gasteiger partial charge in [0.05, 0.1) is 14.2 Å². The molecular weight excluding hydrogens is 354 g/mol. The molecule has 144 valence electrons. The van der Waals surface area contributed by atoms with E-state index in [2.05, 4.69) is 9.97 Å². The number of imide groups is 1. The number of nitrogens with zero attached hydrogens (tertiary/aromatic N) is 3. The molecule has 1 heterocycles. The topological polar surface area (TPSA) is 154 Å². The molecule has 10 heteroatoms. The minimum atomic E-state index is -1.43. The fraction of sp³-hybridized carbons (Fsp3) is 0.294. The van der Waals surface area contributed by atoms with Crippen LogP contribution in [0, 0.1) is 0 Å². The molecule has 0 atom stereocenters. The van der Waals surface area contributed by atoms with Crippen molar-refractivity contribution in [2.24, 2.45) is 0 Å². The SMILES string of the molecule is CCC(=O)N(C(=O)O)c1c(OC)cc(Cc2cnc(N)nc2N)cc1OC. The summed E-state index contributed by atoms with van der Waals surface area (Å²) in [4.78, 5) is 32.2. The van der Waals surface area contributed by atoms with Gasteiger partial charge in [-0.15, -0.1) is 0 Å². The summed E-state index contributed by atoms with van der Waals surface area (Å²) >= 11 is 0. The molecule has 0 radical (unpaired) electrons. The van der Waals surface area contributed by atoms with E-state index in [0.717, 1.165) is 0 Å². The van der Waals surface area contributed by atoms with Crippen molar-refractivity contribution in [3.05, 3.63) is 29.5 Å². The highest BCUT2D eigenvalue weighted by atomic mass is 16.5. The van der Waals surface area contributed by atoms with Crippen molar-refractivity contribution in [3.63, 3.8) is 0 Å². The van der Waals surface area contributed by atoms with Gasteiger partial charge in [-0.2, -0.15) is 4.98 Å². The van der Waals surface area contributed by atoms with Crippen LogP contribution >= 0.6 is 0 Å². The second-order valence-corrected chi connectivity index (χ2v) is 5.53. The molecule has 1 aromatic heterocycles. The van der Waals surface area contributed by atoms with Crippen LogP contribution in [-0.4, -0.2) is 41.3 Å². The summed E-state index contributed by atoms with van der Waals surface area (Å²) in [6, 6.07) is 3.21. The van der Waals surface area contributed by atoms with Crippen molar-refractivity contribution in [2.75, 3.05) is 30.6 Å². The number of ether oxygens (including phenoxy) is 2. The summed E-state index contributed by atoms with van der Waals surface area (Å²) in [5, 5.41) is 9.48. The fourth-order valence-corrected chi connectivity index (χ4v) is 2.55. The largest absolute Gasteiger partial charge is 0.494 e. The number of rotatable bonds is 6. The Balaban J connectivity index is 2.55. The molecule has 0 aliphatic rings. The van der Waals surface area contributed by atoms with Crippen LogP contribution in [0.2, 0.25) is 0 Å². The smallest absolute Gasteiger partial charge is 0.419 e. The summed E-state index contributed by atoms with van der Waals surface area (Å²) in [6.07, 6.45) is 0.407. The molecule has 27 heavy (non-hydrogen) atoms. The average Bonchev–Trinajstić information content (AvgIpc) is 2.64. The zero-order valence-corrected chi connectivity index (χ0v) is 15.2. The molecule has 10 nitrogen and oxygen atoms in total. The molecule has 2 amide bonds. The van der Waals surface area contributed by atoms with Crippen LogP contribution in [0.15, 0.2) is 18.3 Å². The first kappa shape index (κ1) is 19.8. The second kappa shape index (κ2) is 8.21. The lowest BCUT2D eigenvalue weighted by Crippen LogP contribution is -2.35. The molecular formula is C17H21N5O5. The summed E-state index contributed by atoms with van der Waals surface area (Å²) in [7, 11) is 2.75. The van der Waals surface area contributed by atoms with Gasteiger partial charge in [0.1, 0.15) is 23.0 Å². The quantitative estimate of drug-likeness (QED) is 0.684. The van der Waals surface area contributed by atoms with Crippen LogP contribution in [-0.2, 0) is 11.2 Å². The molecule has 1 aromatic carbocycles. The Hall–Kier alpha value is -3.56. The van der Waals surface area contributed by atoms with Crippen molar-refractivity contribution in [1.29, 1.82) is 0 Å². The normalized spacial score (nSPS) is 10.3. The third-order valence-corrected chi connectivity index (χ3v) is 3.82. The van der Waals surface area contributed by atoms with Crippen molar-refractivity contribution in [2.45, 2.75) is 19.8 Å². The third kappa shape index (κ3) is 4.17. The highest BCUT2D eigenvalue weighted by Gasteiger charge is 2.29. The van der Waals surface area contributed by atoms with E-state index >= 15 is 0 Å². The van der Waals surface area contributed by atoms with Crippen LogP contribution < -0.4 is 25.8 Å². The molecule has 2 rings (SSSR count). The summed E-state index contributed by atoms with van der Waals surface area (Å²) in [5.41, 5.74) is 12.7. The van der Waals surface area contributed by atoms with Gasteiger partial charge >= 0.3 is 6.09 Å². The number of carboxylic acid groups (broad SMARTS) is 1. The Morgan fingerprint density at radius 3 is 2.22 bits per heavy atom. The van der Waals surface area contributed by atoms with E-state index in [1.54, 1.807) is 19.1 Å². The first-order valence-electron chi connectivity index (χ1n) is 7.99. The number of carbonyl (C=O) groups excluding carboxylic acids is 1. The van der Waals surface area contributed by atoms with Crippen LogP contribution in [0.3, 0.4) is 0 Å². The van der Waals surface area contributed by atoms with Gasteiger partial charge in [0.15, 0.2) is 0 Å². The van der Waals surface area contributed by atoms with E-state index in [1.807, 2.05) is 0 Å². The van der Waals surface area contributed by atoms with Crippen LogP contribution in [0.25, 0.3) is 0 Å². The van der Waals surface area contributed by atoms with Crippen molar-refractivity contribution in [3.8, 4) is 11.5 Å². The lowest BCUT2D eigenvalue weighted by molar-refractivity contribution is -0.117. The van der Waals surface area contributed by atoms with Crippen molar-refractivity contribution in [1.82, 2.24) is 9.97 Å². The summed E-state index contributed by atoms with van der Waals surface area (Å²) in [5.74, 6) is 0.0322. The molecule has 0 bridgehead atoms. The first-order valence-corrected chi connectivity index (χ1v) is 7.99. The molecule has 0 saturated heterocycles. The number of aromatic nitrogens is 2. The Morgan fingerprint density at radius 1 is 1.19 bits per heavy atom. The Bertz CT molecular complexity index is 846. The summed E-state index contributed by atoms with van der Waals surface area (Å²) in [6.45, 7) is 1.56. The number of carbonyl (C=O) groups is 2. The maximum Gasteiger partial charge on any atom is 0.419 e. The highest BCUT2D eigenvalue weighted by Crippen LogP contribution is 2.40. The number of anilines is 3. The van der Waals surface area contributed by atoms with E-state index in [4.69, 9.17) is 20.9 Å². The number of nitrogens with two attached hydrogens (primary N) is 2. The Labute approximate surface area is 155 Å². The van der Waals surface area contributed by atoms with Gasteiger partial charge in [-0.25, -0.2) is 14.7 Å². The van der Waals surface area contributed by atoms with E-state index < -0.39 is 12.0 Å². The number of nitrogen functional groups attached to an aromatic ring is 2. The van der Waals surface area contributed by atoms with E-state index in [1.165, 1.54) is 20.4 Å². The zero-order valence-electron chi connectivity index (χ0n) is 15.2.